The molecule has 0 spiro atoms. The number of H-pyrrole nitrogens is 1. The van der Waals surface area contributed by atoms with Crippen LogP contribution in [-0.4, -0.2) is 17.0 Å². The van der Waals surface area contributed by atoms with Gasteiger partial charge in [0.05, 0.1) is 23.0 Å². The minimum Gasteiger partial charge on any atom is -0.313 e. The molecule has 0 aliphatic carbocycles. The lowest BCUT2D eigenvalue weighted by Crippen LogP contribution is -2.18. The lowest BCUT2D eigenvalue weighted by atomic mass is 10.1. The van der Waals surface area contributed by atoms with Crippen molar-refractivity contribution in [3.05, 3.63) is 39.9 Å². The molecule has 2 aromatic rings. The van der Waals surface area contributed by atoms with Crippen LogP contribution in [0.1, 0.15) is 11.4 Å². The molecule has 0 unspecified atom stereocenters. The van der Waals surface area contributed by atoms with Crippen LogP contribution in [0.5, 0.6) is 0 Å². The van der Waals surface area contributed by atoms with Crippen molar-refractivity contribution in [3.63, 3.8) is 0 Å². The summed E-state index contributed by atoms with van der Waals surface area (Å²) in [6, 6.07) is 3.43. The summed E-state index contributed by atoms with van der Waals surface area (Å²) in [7, 11) is 1.61. The number of aromatic nitrogens is 2. The molecule has 0 atom stereocenters. The summed E-state index contributed by atoms with van der Waals surface area (Å²) in [6.07, 6.45) is -4.53. The van der Waals surface area contributed by atoms with Crippen LogP contribution in [0.3, 0.4) is 0 Å². The highest BCUT2D eigenvalue weighted by molar-refractivity contribution is 5.81. The predicted molar refractivity (Wildman–Crippen MR) is 60.1 cm³/mol. The van der Waals surface area contributed by atoms with Crippen molar-refractivity contribution in [3.8, 4) is 0 Å². The van der Waals surface area contributed by atoms with E-state index in [2.05, 4.69) is 15.3 Å². The van der Waals surface area contributed by atoms with Gasteiger partial charge < -0.3 is 10.3 Å². The van der Waals surface area contributed by atoms with Gasteiger partial charge in [0, 0.05) is 0 Å². The number of rotatable bonds is 2. The largest absolute Gasteiger partial charge is 0.418 e. The Bertz CT molecular complexity index is 633. The topological polar surface area (TPSA) is 57.8 Å². The molecule has 0 amide bonds. The highest BCUT2D eigenvalue weighted by atomic mass is 19.4. The van der Waals surface area contributed by atoms with Crippen LogP contribution in [0.4, 0.5) is 13.2 Å². The second kappa shape index (κ2) is 4.41. The SMILES string of the molecule is CNCc1nc2c(C(F)(F)F)cccc2c(=O)[nH]1. The summed E-state index contributed by atoms with van der Waals surface area (Å²) in [5.41, 5.74) is -1.79. The van der Waals surface area contributed by atoms with E-state index in [0.717, 1.165) is 6.07 Å². The Balaban J connectivity index is 2.78. The smallest absolute Gasteiger partial charge is 0.313 e. The summed E-state index contributed by atoms with van der Waals surface area (Å²) in [5.74, 6) is 0.173. The van der Waals surface area contributed by atoms with Gasteiger partial charge in [-0.15, -0.1) is 0 Å². The van der Waals surface area contributed by atoms with Crippen LogP contribution in [0.15, 0.2) is 23.0 Å². The Hall–Kier alpha value is -1.89. The van der Waals surface area contributed by atoms with E-state index >= 15 is 0 Å². The van der Waals surface area contributed by atoms with E-state index in [4.69, 9.17) is 0 Å². The average Bonchev–Trinajstić information content (AvgIpc) is 2.27. The Morgan fingerprint density at radius 2 is 2.11 bits per heavy atom. The van der Waals surface area contributed by atoms with Crippen molar-refractivity contribution in [1.82, 2.24) is 15.3 Å². The molecule has 0 aliphatic rings. The lowest BCUT2D eigenvalue weighted by Gasteiger charge is -2.10. The highest BCUT2D eigenvalue weighted by Crippen LogP contribution is 2.32. The fourth-order valence-corrected chi connectivity index (χ4v) is 1.69. The number of halogens is 3. The van der Waals surface area contributed by atoms with Gasteiger partial charge in [-0.2, -0.15) is 13.2 Å². The van der Waals surface area contributed by atoms with Crippen molar-refractivity contribution >= 4 is 10.9 Å². The number of nitrogens with one attached hydrogen (secondary N) is 2. The molecule has 2 N–H and O–H groups in total. The molecule has 4 nitrogen and oxygen atoms in total. The summed E-state index contributed by atoms with van der Waals surface area (Å²) in [4.78, 5) is 18.0. The Kier molecular flexibility index (Phi) is 3.08. The molecule has 7 heteroatoms. The van der Waals surface area contributed by atoms with Crippen molar-refractivity contribution in [2.75, 3.05) is 7.05 Å². The molecule has 2 rings (SSSR count). The number of hydrogen-bond acceptors (Lipinski definition) is 3. The van der Waals surface area contributed by atoms with Gasteiger partial charge in [-0.25, -0.2) is 4.98 Å². The second-order valence-electron chi connectivity index (χ2n) is 3.74. The van der Waals surface area contributed by atoms with Gasteiger partial charge >= 0.3 is 6.18 Å². The van der Waals surface area contributed by atoms with Crippen molar-refractivity contribution < 1.29 is 13.2 Å². The number of hydrogen-bond donors (Lipinski definition) is 2. The van der Waals surface area contributed by atoms with Gasteiger partial charge in [-0.3, -0.25) is 4.79 Å². The Labute approximate surface area is 99.9 Å². The maximum absolute atomic E-state index is 12.8. The van der Waals surface area contributed by atoms with E-state index in [1.807, 2.05) is 0 Å². The number of nitrogens with zero attached hydrogens (tertiary/aromatic N) is 1. The molecule has 0 saturated carbocycles. The third-order valence-corrected chi connectivity index (χ3v) is 2.43. The van der Waals surface area contributed by atoms with Gasteiger partial charge in [-0.1, -0.05) is 6.07 Å². The van der Waals surface area contributed by atoms with E-state index < -0.39 is 17.3 Å². The van der Waals surface area contributed by atoms with Crippen LogP contribution < -0.4 is 10.9 Å². The Morgan fingerprint density at radius 3 is 2.72 bits per heavy atom. The van der Waals surface area contributed by atoms with Crippen LogP contribution in [-0.2, 0) is 12.7 Å². The maximum atomic E-state index is 12.8. The summed E-state index contributed by atoms with van der Waals surface area (Å²) < 4.78 is 38.4. The van der Waals surface area contributed by atoms with Gasteiger partial charge in [-0.05, 0) is 19.2 Å². The minimum atomic E-state index is -4.53. The molecular weight excluding hydrogens is 247 g/mol. The second-order valence-corrected chi connectivity index (χ2v) is 3.74. The van der Waals surface area contributed by atoms with Crippen molar-refractivity contribution in [2.45, 2.75) is 12.7 Å². The molecule has 96 valence electrons. The first-order valence-corrected chi connectivity index (χ1v) is 5.17. The van der Waals surface area contributed by atoms with Crippen LogP contribution in [0, 0.1) is 0 Å². The van der Waals surface area contributed by atoms with E-state index in [1.165, 1.54) is 12.1 Å². The standard InChI is InChI=1S/C11H10F3N3O/c1-15-5-8-16-9-6(10(18)17-8)3-2-4-7(9)11(12,13)14/h2-4,15H,5H2,1H3,(H,16,17,18). The molecule has 1 aromatic carbocycles. The predicted octanol–water partition coefficient (Wildman–Crippen LogP) is 1.66. The number of aromatic amines is 1. The Morgan fingerprint density at radius 1 is 1.39 bits per heavy atom. The summed E-state index contributed by atoms with van der Waals surface area (Å²) in [5, 5.41) is 2.66. The maximum Gasteiger partial charge on any atom is 0.418 e. The van der Waals surface area contributed by atoms with Crippen LogP contribution in [0.25, 0.3) is 10.9 Å². The normalized spacial score (nSPS) is 12.0. The van der Waals surface area contributed by atoms with Crippen LogP contribution >= 0.6 is 0 Å². The molecule has 0 fully saturated rings. The number of benzene rings is 1. The lowest BCUT2D eigenvalue weighted by molar-refractivity contribution is -0.136. The van der Waals surface area contributed by atoms with E-state index in [-0.39, 0.29) is 23.3 Å². The van der Waals surface area contributed by atoms with Gasteiger partial charge in [0.15, 0.2) is 0 Å². The van der Waals surface area contributed by atoms with E-state index in [9.17, 15) is 18.0 Å². The first kappa shape index (κ1) is 12.6. The van der Waals surface area contributed by atoms with Crippen LogP contribution in [0.2, 0.25) is 0 Å². The van der Waals surface area contributed by atoms with Gasteiger partial charge in [0.2, 0.25) is 0 Å². The molecule has 0 radical (unpaired) electrons. The van der Waals surface area contributed by atoms with Crippen molar-refractivity contribution in [2.24, 2.45) is 0 Å². The fraction of sp³-hybridized carbons (Fsp3) is 0.273. The number of alkyl halides is 3. The first-order valence-electron chi connectivity index (χ1n) is 5.17. The monoisotopic (exact) mass is 257 g/mol. The molecule has 1 heterocycles. The number of para-hydroxylation sites is 1. The van der Waals surface area contributed by atoms with E-state index in [0.29, 0.717) is 0 Å². The summed E-state index contributed by atoms with van der Waals surface area (Å²) in [6.45, 7) is 0.192. The quantitative estimate of drug-likeness (QED) is 0.860. The summed E-state index contributed by atoms with van der Waals surface area (Å²) >= 11 is 0. The van der Waals surface area contributed by atoms with Gasteiger partial charge in [0.25, 0.3) is 5.56 Å². The molecular formula is C11H10F3N3O. The minimum absolute atomic E-state index is 0.0651. The van der Waals surface area contributed by atoms with Gasteiger partial charge in [0.1, 0.15) is 5.82 Å². The zero-order chi connectivity index (χ0) is 13.3. The molecule has 0 saturated heterocycles. The number of fused-ring (bicyclic) bond motifs is 1. The van der Waals surface area contributed by atoms with Crippen molar-refractivity contribution in [1.29, 1.82) is 0 Å². The average molecular weight is 257 g/mol. The molecule has 18 heavy (non-hydrogen) atoms. The molecule has 1 aromatic heterocycles. The molecule has 0 aliphatic heterocycles. The van der Waals surface area contributed by atoms with E-state index in [1.54, 1.807) is 7.05 Å². The fourth-order valence-electron chi connectivity index (χ4n) is 1.69. The third kappa shape index (κ3) is 2.21. The zero-order valence-corrected chi connectivity index (χ0v) is 9.43. The third-order valence-electron chi connectivity index (χ3n) is 2.43. The zero-order valence-electron chi connectivity index (χ0n) is 9.43. The first-order chi connectivity index (χ1) is 8.43. The molecule has 0 bridgehead atoms. The highest BCUT2D eigenvalue weighted by Gasteiger charge is 2.33.